The molecular weight excluding hydrogens is 456 g/mol. The number of anilines is 2. The molecule has 0 N–H and O–H groups in total. The second-order valence-electron chi connectivity index (χ2n) is 10.2. The Kier molecular flexibility index (Phi) is 7.62. The van der Waals surface area contributed by atoms with Crippen LogP contribution >= 0.6 is 0 Å². The highest BCUT2D eigenvalue weighted by Gasteiger charge is 2.43. The predicted octanol–water partition coefficient (Wildman–Crippen LogP) is 3.75. The van der Waals surface area contributed by atoms with Gasteiger partial charge in [0.2, 0.25) is 5.88 Å². The fraction of sp³-hybridized carbons (Fsp3) is 0.571. The Labute approximate surface area is 214 Å². The quantitative estimate of drug-likeness (QED) is 0.518. The molecule has 8 nitrogen and oxygen atoms in total. The molecule has 3 fully saturated rings. The molecule has 3 saturated heterocycles. The van der Waals surface area contributed by atoms with Crippen LogP contribution in [0.2, 0.25) is 0 Å². The van der Waals surface area contributed by atoms with Gasteiger partial charge in [0.1, 0.15) is 18.2 Å². The third-order valence-corrected chi connectivity index (χ3v) is 7.87. The Morgan fingerprint density at radius 3 is 2.64 bits per heavy atom. The van der Waals surface area contributed by atoms with Crippen molar-refractivity contribution in [1.29, 1.82) is 0 Å². The van der Waals surface area contributed by atoms with E-state index in [0.717, 1.165) is 51.3 Å². The zero-order valence-electron chi connectivity index (χ0n) is 21.5. The molecule has 0 aliphatic carbocycles. The molecule has 1 aromatic carbocycles. The Morgan fingerprint density at radius 2 is 1.92 bits per heavy atom. The number of methoxy groups -OCH3 is 1. The number of hydrogen-bond donors (Lipinski definition) is 0. The molecule has 2 aromatic rings. The number of piperidine rings is 1. The summed E-state index contributed by atoms with van der Waals surface area (Å²) in [5.41, 5.74) is 0.853. The van der Waals surface area contributed by atoms with Crippen molar-refractivity contribution in [3.8, 4) is 11.6 Å². The van der Waals surface area contributed by atoms with E-state index in [1.54, 1.807) is 18.1 Å². The molecule has 3 aliphatic heterocycles. The van der Waals surface area contributed by atoms with E-state index in [1.165, 1.54) is 25.1 Å². The van der Waals surface area contributed by atoms with Gasteiger partial charge in [0.05, 0.1) is 25.9 Å². The van der Waals surface area contributed by atoms with Crippen LogP contribution in [0.5, 0.6) is 11.6 Å². The van der Waals surface area contributed by atoms with Crippen molar-refractivity contribution in [2.75, 3.05) is 62.8 Å². The van der Waals surface area contributed by atoms with Crippen molar-refractivity contribution in [2.24, 2.45) is 0 Å². The topological polar surface area (TPSA) is 67.4 Å². The SMILES string of the molecule is COc1cccc(N2CC3(CCN(c4ccc(OCCCN5CCC[C@H]5C)cc4)CC3)OCC2=O)n1. The molecule has 1 atom stereocenters. The number of carbonyl (C=O) groups is 1. The molecule has 194 valence electrons. The molecule has 1 spiro atoms. The molecule has 8 heteroatoms. The first-order valence-corrected chi connectivity index (χ1v) is 13.2. The number of carbonyl (C=O) groups excluding carboxylic acids is 1. The molecule has 4 heterocycles. The summed E-state index contributed by atoms with van der Waals surface area (Å²) in [4.78, 5) is 23.8. The van der Waals surface area contributed by atoms with Crippen LogP contribution in [0.3, 0.4) is 0 Å². The summed E-state index contributed by atoms with van der Waals surface area (Å²) in [6, 6.07) is 14.7. The number of rotatable bonds is 8. The normalized spacial score (nSPS) is 22.3. The van der Waals surface area contributed by atoms with Crippen LogP contribution < -0.4 is 19.3 Å². The molecule has 5 rings (SSSR count). The van der Waals surface area contributed by atoms with Crippen molar-refractivity contribution in [3.05, 3.63) is 42.5 Å². The Morgan fingerprint density at radius 1 is 1.11 bits per heavy atom. The first kappa shape index (κ1) is 24.8. The fourth-order valence-electron chi connectivity index (χ4n) is 5.60. The molecule has 0 saturated carbocycles. The van der Waals surface area contributed by atoms with Gasteiger partial charge < -0.3 is 24.0 Å². The Balaban J connectivity index is 1.12. The summed E-state index contributed by atoms with van der Waals surface area (Å²) in [6.07, 6.45) is 5.41. The van der Waals surface area contributed by atoms with Gasteiger partial charge in [0, 0.05) is 37.4 Å². The zero-order valence-corrected chi connectivity index (χ0v) is 21.5. The minimum atomic E-state index is -0.342. The second-order valence-corrected chi connectivity index (χ2v) is 10.2. The largest absolute Gasteiger partial charge is 0.494 e. The summed E-state index contributed by atoms with van der Waals surface area (Å²) in [6.45, 7) is 7.78. The third kappa shape index (κ3) is 5.60. The van der Waals surface area contributed by atoms with Crippen LogP contribution in [-0.2, 0) is 9.53 Å². The van der Waals surface area contributed by atoms with Crippen molar-refractivity contribution in [2.45, 2.75) is 50.7 Å². The highest BCUT2D eigenvalue weighted by molar-refractivity contribution is 5.94. The number of nitrogens with zero attached hydrogens (tertiary/aromatic N) is 4. The first-order valence-electron chi connectivity index (χ1n) is 13.2. The number of pyridine rings is 1. The lowest BCUT2D eigenvalue weighted by atomic mass is 9.89. The molecule has 3 aliphatic rings. The monoisotopic (exact) mass is 494 g/mol. The van der Waals surface area contributed by atoms with Gasteiger partial charge in [-0.25, -0.2) is 0 Å². The van der Waals surface area contributed by atoms with Crippen molar-refractivity contribution in [1.82, 2.24) is 9.88 Å². The molecule has 0 radical (unpaired) electrons. The van der Waals surface area contributed by atoms with Crippen LogP contribution in [-0.4, -0.2) is 80.5 Å². The highest BCUT2D eigenvalue weighted by Crippen LogP contribution is 2.34. The van der Waals surface area contributed by atoms with Gasteiger partial charge in [0.25, 0.3) is 5.91 Å². The van der Waals surface area contributed by atoms with E-state index in [1.807, 2.05) is 12.1 Å². The van der Waals surface area contributed by atoms with Crippen molar-refractivity contribution in [3.63, 3.8) is 0 Å². The minimum Gasteiger partial charge on any atom is -0.494 e. The van der Waals surface area contributed by atoms with E-state index in [0.29, 0.717) is 24.3 Å². The van der Waals surface area contributed by atoms with Crippen molar-refractivity contribution >= 4 is 17.4 Å². The first-order chi connectivity index (χ1) is 17.5. The standard InChI is InChI=1S/C28H38N4O4/c1-22-6-4-15-30(22)16-5-19-35-24-11-9-23(10-12-24)31-17-13-28(14-18-31)21-32(27(33)20-36-28)25-7-3-8-26(29-25)34-2/h3,7-12,22H,4-6,13-21H2,1-2H3/t22-/m1/s1. The molecule has 0 bridgehead atoms. The van der Waals surface area contributed by atoms with Gasteiger partial charge in [-0.2, -0.15) is 4.98 Å². The van der Waals surface area contributed by atoms with Gasteiger partial charge in [-0.1, -0.05) is 6.07 Å². The number of aromatic nitrogens is 1. The lowest BCUT2D eigenvalue weighted by Crippen LogP contribution is -2.59. The average molecular weight is 495 g/mol. The number of amides is 1. The summed E-state index contributed by atoms with van der Waals surface area (Å²) >= 11 is 0. The minimum absolute atomic E-state index is 0.0608. The predicted molar refractivity (Wildman–Crippen MR) is 140 cm³/mol. The summed E-state index contributed by atoms with van der Waals surface area (Å²) in [5, 5.41) is 0. The lowest BCUT2D eigenvalue weighted by molar-refractivity contribution is -0.141. The van der Waals surface area contributed by atoms with E-state index in [-0.39, 0.29) is 18.1 Å². The third-order valence-electron chi connectivity index (χ3n) is 7.87. The molecule has 36 heavy (non-hydrogen) atoms. The Hall–Kier alpha value is -2.84. The van der Waals surface area contributed by atoms with Gasteiger partial charge in [-0.05, 0) is 75.9 Å². The van der Waals surface area contributed by atoms with E-state index in [9.17, 15) is 4.79 Å². The number of likely N-dealkylation sites (tertiary alicyclic amines) is 1. The summed E-state index contributed by atoms with van der Waals surface area (Å²) in [7, 11) is 1.58. The van der Waals surface area contributed by atoms with E-state index >= 15 is 0 Å². The van der Waals surface area contributed by atoms with Crippen LogP contribution in [0.25, 0.3) is 0 Å². The van der Waals surface area contributed by atoms with E-state index in [4.69, 9.17) is 14.2 Å². The maximum atomic E-state index is 12.6. The molecule has 0 unspecified atom stereocenters. The number of ether oxygens (including phenoxy) is 3. The van der Waals surface area contributed by atoms with Crippen LogP contribution in [0.1, 0.15) is 39.0 Å². The fourth-order valence-corrected chi connectivity index (χ4v) is 5.60. The van der Waals surface area contributed by atoms with Crippen LogP contribution in [0.4, 0.5) is 11.5 Å². The number of benzene rings is 1. The van der Waals surface area contributed by atoms with E-state index in [2.05, 4.69) is 46.0 Å². The van der Waals surface area contributed by atoms with Gasteiger partial charge in [-0.15, -0.1) is 0 Å². The second kappa shape index (κ2) is 11.0. The number of morpholine rings is 1. The molecule has 1 aromatic heterocycles. The van der Waals surface area contributed by atoms with Crippen LogP contribution in [0, 0.1) is 0 Å². The zero-order chi connectivity index (χ0) is 25.0. The lowest BCUT2D eigenvalue weighted by Gasteiger charge is -2.47. The maximum absolute atomic E-state index is 12.6. The molecular formula is C28H38N4O4. The van der Waals surface area contributed by atoms with Gasteiger partial charge in [0.15, 0.2) is 0 Å². The van der Waals surface area contributed by atoms with Crippen LogP contribution in [0.15, 0.2) is 42.5 Å². The van der Waals surface area contributed by atoms with Crippen molar-refractivity contribution < 1.29 is 19.0 Å². The summed E-state index contributed by atoms with van der Waals surface area (Å²) in [5.74, 6) is 1.99. The van der Waals surface area contributed by atoms with E-state index < -0.39 is 0 Å². The summed E-state index contributed by atoms with van der Waals surface area (Å²) < 4.78 is 17.4. The smallest absolute Gasteiger partial charge is 0.254 e. The number of hydrogen-bond acceptors (Lipinski definition) is 7. The highest BCUT2D eigenvalue weighted by atomic mass is 16.5. The van der Waals surface area contributed by atoms with Gasteiger partial charge >= 0.3 is 0 Å². The maximum Gasteiger partial charge on any atom is 0.254 e. The molecule has 1 amide bonds. The van der Waals surface area contributed by atoms with Gasteiger partial charge in [-0.3, -0.25) is 9.69 Å². The average Bonchev–Trinajstić information content (AvgIpc) is 3.33. The Bertz CT molecular complexity index is 1020.